The summed E-state index contributed by atoms with van der Waals surface area (Å²) in [6, 6.07) is 12.7. The molecule has 8 nitrogen and oxygen atoms in total. The van der Waals surface area contributed by atoms with E-state index in [4.69, 9.17) is 4.42 Å². The van der Waals surface area contributed by atoms with E-state index in [-0.39, 0.29) is 29.7 Å². The summed E-state index contributed by atoms with van der Waals surface area (Å²) in [5.74, 6) is -0.991. The zero-order valence-electron chi connectivity index (χ0n) is 17.1. The number of hydrogen-bond donors (Lipinski definition) is 1. The van der Waals surface area contributed by atoms with Crippen LogP contribution in [0.5, 0.6) is 0 Å². The van der Waals surface area contributed by atoms with Crippen LogP contribution in [0.15, 0.2) is 57.9 Å². The molecule has 1 N–H and O–H groups in total. The molecule has 1 saturated carbocycles. The minimum atomic E-state index is -0.545. The maximum Gasteiger partial charge on any atom is 0.420 e. The largest absolute Gasteiger partial charge is 0.420 e. The monoisotopic (exact) mass is 420 g/mol. The summed E-state index contributed by atoms with van der Waals surface area (Å²) in [7, 11) is 0. The lowest BCUT2D eigenvalue weighted by molar-refractivity contribution is -0.131. The molecular weight excluding hydrogens is 396 g/mol. The fraction of sp³-hybridized carbons (Fsp3) is 0.391. The van der Waals surface area contributed by atoms with Crippen LogP contribution in [0.1, 0.15) is 25.0 Å². The van der Waals surface area contributed by atoms with Gasteiger partial charge < -0.3 is 14.6 Å². The number of nitrogens with one attached hydrogen (secondary N) is 1. The van der Waals surface area contributed by atoms with E-state index in [0.717, 1.165) is 25.0 Å². The third-order valence-electron chi connectivity index (χ3n) is 6.70. The number of carbonyl (C=O) groups is 2. The predicted octanol–water partition coefficient (Wildman–Crippen LogP) is 1.93. The number of benzene rings is 1. The summed E-state index contributed by atoms with van der Waals surface area (Å²) < 4.78 is 6.60. The number of aromatic nitrogens is 2. The van der Waals surface area contributed by atoms with E-state index in [1.807, 2.05) is 18.2 Å². The molecule has 160 valence electrons. The number of pyridine rings is 1. The molecule has 1 aliphatic carbocycles. The van der Waals surface area contributed by atoms with E-state index < -0.39 is 5.76 Å². The van der Waals surface area contributed by atoms with Crippen LogP contribution >= 0.6 is 0 Å². The number of fused-ring (bicyclic) bond motifs is 1. The van der Waals surface area contributed by atoms with Crippen LogP contribution in [0, 0.1) is 11.3 Å². The lowest BCUT2D eigenvalue weighted by atomic mass is 9.62. The van der Waals surface area contributed by atoms with Gasteiger partial charge in [-0.25, -0.2) is 4.79 Å². The van der Waals surface area contributed by atoms with Gasteiger partial charge in [0, 0.05) is 24.7 Å². The number of oxazole rings is 1. The molecule has 3 aromatic rings. The number of rotatable bonds is 5. The Hall–Kier alpha value is -3.42. The molecule has 0 bridgehead atoms. The molecule has 8 heteroatoms. The lowest BCUT2D eigenvalue weighted by Crippen LogP contribution is -2.45. The molecule has 2 amide bonds. The molecule has 2 fully saturated rings. The summed E-state index contributed by atoms with van der Waals surface area (Å²) >= 11 is 0. The van der Waals surface area contributed by atoms with Crippen LogP contribution in [0.3, 0.4) is 0 Å². The minimum absolute atomic E-state index is 0.0356. The molecule has 0 radical (unpaired) electrons. The van der Waals surface area contributed by atoms with Gasteiger partial charge in [0.2, 0.25) is 11.8 Å². The highest BCUT2D eigenvalue weighted by atomic mass is 16.4. The van der Waals surface area contributed by atoms with Crippen LogP contribution in [0.25, 0.3) is 11.1 Å². The average molecular weight is 420 g/mol. The molecule has 2 aromatic heterocycles. The summed E-state index contributed by atoms with van der Waals surface area (Å²) in [4.78, 5) is 44.3. The first-order valence-electron chi connectivity index (χ1n) is 10.6. The Morgan fingerprint density at radius 3 is 2.71 bits per heavy atom. The van der Waals surface area contributed by atoms with Crippen molar-refractivity contribution in [3.8, 4) is 0 Å². The first-order valence-corrected chi connectivity index (χ1v) is 10.6. The normalized spacial score (nSPS) is 19.5. The average Bonchev–Trinajstić information content (AvgIpc) is 3.32. The van der Waals surface area contributed by atoms with Crippen molar-refractivity contribution in [2.24, 2.45) is 11.3 Å². The van der Waals surface area contributed by atoms with Gasteiger partial charge in [0.05, 0.1) is 23.7 Å². The zero-order valence-corrected chi connectivity index (χ0v) is 17.1. The second-order valence-corrected chi connectivity index (χ2v) is 8.50. The third-order valence-corrected chi connectivity index (χ3v) is 6.70. The Morgan fingerprint density at radius 2 is 1.97 bits per heavy atom. The van der Waals surface area contributed by atoms with Crippen LogP contribution in [0.2, 0.25) is 0 Å². The van der Waals surface area contributed by atoms with Gasteiger partial charge in [-0.05, 0) is 37.1 Å². The molecule has 2 aliphatic rings. The van der Waals surface area contributed by atoms with E-state index >= 15 is 0 Å². The summed E-state index contributed by atoms with van der Waals surface area (Å²) in [6.45, 7) is 1.21. The number of carbonyl (C=O) groups excluding carboxylic acids is 2. The highest BCUT2D eigenvalue weighted by Crippen LogP contribution is 2.51. The van der Waals surface area contributed by atoms with E-state index in [0.29, 0.717) is 30.7 Å². The van der Waals surface area contributed by atoms with Crippen molar-refractivity contribution in [3.63, 3.8) is 0 Å². The SMILES string of the molecule is O=C(NCc1ccccn1)C1CN(C(=O)Cn2c(=O)oc3ccccc32)CC12CCC2. The van der Waals surface area contributed by atoms with Crippen molar-refractivity contribution < 1.29 is 14.0 Å². The first-order chi connectivity index (χ1) is 15.1. The van der Waals surface area contributed by atoms with Crippen molar-refractivity contribution in [2.45, 2.75) is 32.4 Å². The van der Waals surface area contributed by atoms with Gasteiger partial charge in [-0.2, -0.15) is 0 Å². The van der Waals surface area contributed by atoms with Crippen LogP contribution < -0.4 is 11.1 Å². The first kappa shape index (κ1) is 19.5. The van der Waals surface area contributed by atoms with E-state index in [1.54, 1.807) is 35.4 Å². The van der Waals surface area contributed by atoms with Crippen molar-refractivity contribution >= 4 is 22.9 Å². The highest BCUT2D eigenvalue weighted by molar-refractivity contribution is 5.84. The van der Waals surface area contributed by atoms with Crippen LogP contribution in [-0.2, 0) is 22.7 Å². The van der Waals surface area contributed by atoms with Crippen LogP contribution in [-0.4, -0.2) is 39.4 Å². The Labute approximate surface area is 178 Å². The maximum absolute atomic E-state index is 13.1. The zero-order chi connectivity index (χ0) is 21.4. The number of amides is 2. The van der Waals surface area contributed by atoms with E-state index in [2.05, 4.69) is 10.3 Å². The number of para-hydroxylation sites is 2. The standard InChI is InChI=1S/C23H24N4O4/c28-20(14-27-18-7-1-2-8-19(18)31-22(27)30)26-13-17(23(15-26)9-5-10-23)21(29)25-12-16-6-3-4-11-24-16/h1-4,6-8,11,17H,5,9-10,12-15H2,(H,25,29). The molecule has 1 aromatic carbocycles. The van der Waals surface area contributed by atoms with Crippen LogP contribution in [0.4, 0.5) is 0 Å². The second kappa shape index (κ2) is 7.68. The molecule has 1 saturated heterocycles. The number of likely N-dealkylation sites (tertiary alicyclic amines) is 1. The van der Waals surface area contributed by atoms with Gasteiger partial charge in [-0.1, -0.05) is 24.6 Å². The molecule has 1 unspecified atom stereocenters. The smallest absolute Gasteiger partial charge is 0.408 e. The Bertz CT molecular complexity index is 1180. The lowest BCUT2D eigenvalue weighted by Gasteiger charge is -2.41. The van der Waals surface area contributed by atoms with Gasteiger partial charge in [-0.3, -0.25) is 19.1 Å². The molecule has 5 rings (SSSR count). The van der Waals surface area contributed by atoms with Gasteiger partial charge in [0.25, 0.3) is 0 Å². The van der Waals surface area contributed by atoms with Gasteiger partial charge in [0.1, 0.15) is 6.54 Å². The van der Waals surface area contributed by atoms with Crippen molar-refractivity contribution in [2.75, 3.05) is 13.1 Å². The molecule has 3 heterocycles. The molecule has 1 atom stereocenters. The Kier molecular flexibility index (Phi) is 4.84. The third kappa shape index (κ3) is 3.52. The van der Waals surface area contributed by atoms with E-state index in [9.17, 15) is 14.4 Å². The summed E-state index contributed by atoms with van der Waals surface area (Å²) in [5.41, 5.74) is 1.70. The van der Waals surface area contributed by atoms with Crippen molar-refractivity contribution in [3.05, 3.63) is 64.9 Å². The topological polar surface area (TPSA) is 97.4 Å². The van der Waals surface area contributed by atoms with Crippen molar-refractivity contribution in [1.29, 1.82) is 0 Å². The Balaban J connectivity index is 1.29. The van der Waals surface area contributed by atoms with E-state index in [1.165, 1.54) is 4.57 Å². The molecule has 31 heavy (non-hydrogen) atoms. The van der Waals surface area contributed by atoms with Gasteiger partial charge >= 0.3 is 5.76 Å². The molecule has 1 spiro atoms. The molecular formula is C23H24N4O4. The number of nitrogens with zero attached hydrogens (tertiary/aromatic N) is 3. The fourth-order valence-corrected chi connectivity index (χ4v) is 4.86. The van der Waals surface area contributed by atoms with Gasteiger partial charge in [-0.15, -0.1) is 0 Å². The molecule has 1 aliphatic heterocycles. The fourth-order valence-electron chi connectivity index (χ4n) is 4.86. The Morgan fingerprint density at radius 1 is 1.16 bits per heavy atom. The summed E-state index contributed by atoms with van der Waals surface area (Å²) in [6.07, 6.45) is 4.64. The predicted molar refractivity (Wildman–Crippen MR) is 113 cm³/mol. The van der Waals surface area contributed by atoms with Crippen molar-refractivity contribution in [1.82, 2.24) is 19.8 Å². The second-order valence-electron chi connectivity index (χ2n) is 8.50. The summed E-state index contributed by atoms with van der Waals surface area (Å²) in [5, 5.41) is 2.99. The quantitative estimate of drug-likeness (QED) is 0.680. The number of hydrogen-bond acceptors (Lipinski definition) is 5. The highest BCUT2D eigenvalue weighted by Gasteiger charge is 2.54. The maximum atomic E-state index is 13.1. The van der Waals surface area contributed by atoms with Gasteiger partial charge in [0.15, 0.2) is 5.58 Å². The minimum Gasteiger partial charge on any atom is -0.408 e.